The van der Waals surface area contributed by atoms with Gasteiger partial charge < -0.3 is 10.5 Å². The predicted molar refractivity (Wildman–Crippen MR) is 83.8 cm³/mol. The van der Waals surface area contributed by atoms with Gasteiger partial charge in [0.25, 0.3) is 0 Å². The van der Waals surface area contributed by atoms with E-state index in [4.69, 9.17) is 10.5 Å². The Balaban J connectivity index is 2.51. The number of rotatable bonds is 3. The first-order valence-electron chi connectivity index (χ1n) is 7.10. The fourth-order valence-corrected chi connectivity index (χ4v) is 4.84. The number of sulfonamides is 1. The number of benzene rings is 1. The normalized spacial score (nSPS) is 26.2. The fourth-order valence-electron chi connectivity index (χ4n) is 2.77. The van der Waals surface area contributed by atoms with Crippen molar-refractivity contribution in [1.82, 2.24) is 4.72 Å². The third kappa shape index (κ3) is 2.80. The summed E-state index contributed by atoms with van der Waals surface area (Å²) in [5, 5.41) is 0. The lowest BCUT2D eigenvalue weighted by Crippen LogP contribution is -2.50. The maximum Gasteiger partial charge on any atom is 0.241 e. The SMILES string of the molecule is Cc1cc(N)c(C)c(S(=O)(=O)NC2(C)CCOC2C)c1C. The lowest BCUT2D eigenvalue weighted by atomic mass is 9.97. The Hall–Kier alpha value is -1.11. The summed E-state index contributed by atoms with van der Waals surface area (Å²) in [7, 11) is -3.65. The molecule has 5 nitrogen and oxygen atoms in total. The van der Waals surface area contributed by atoms with E-state index in [1.54, 1.807) is 6.92 Å². The number of anilines is 1. The first-order chi connectivity index (χ1) is 9.58. The van der Waals surface area contributed by atoms with E-state index in [0.29, 0.717) is 29.2 Å². The van der Waals surface area contributed by atoms with E-state index in [9.17, 15) is 8.42 Å². The first-order valence-corrected chi connectivity index (χ1v) is 8.58. The molecule has 0 amide bonds. The van der Waals surface area contributed by atoms with Gasteiger partial charge in [-0.3, -0.25) is 0 Å². The van der Waals surface area contributed by atoms with Crippen molar-refractivity contribution in [1.29, 1.82) is 0 Å². The Labute approximate surface area is 126 Å². The van der Waals surface area contributed by atoms with E-state index < -0.39 is 15.6 Å². The van der Waals surface area contributed by atoms with E-state index in [1.165, 1.54) is 0 Å². The first kappa shape index (κ1) is 16.3. The number of nitrogens with one attached hydrogen (secondary N) is 1. The zero-order valence-corrected chi connectivity index (χ0v) is 14.1. The molecule has 1 heterocycles. The third-order valence-electron chi connectivity index (χ3n) is 4.60. The van der Waals surface area contributed by atoms with Crippen LogP contribution in [0.15, 0.2) is 11.0 Å². The highest BCUT2D eigenvalue weighted by Gasteiger charge is 2.41. The molecule has 1 aromatic carbocycles. The van der Waals surface area contributed by atoms with Crippen LogP contribution in [0.3, 0.4) is 0 Å². The highest BCUT2D eigenvalue weighted by atomic mass is 32.2. The van der Waals surface area contributed by atoms with Crippen LogP contribution in [-0.2, 0) is 14.8 Å². The summed E-state index contributed by atoms with van der Waals surface area (Å²) in [4.78, 5) is 0.292. The minimum absolute atomic E-state index is 0.157. The van der Waals surface area contributed by atoms with Crippen LogP contribution in [0, 0.1) is 20.8 Å². The highest BCUT2D eigenvalue weighted by Crippen LogP contribution is 2.31. The molecule has 0 bridgehead atoms. The zero-order valence-electron chi connectivity index (χ0n) is 13.3. The van der Waals surface area contributed by atoms with Gasteiger partial charge in [-0.1, -0.05) is 0 Å². The number of nitrogen functional groups attached to an aromatic ring is 1. The van der Waals surface area contributed by atoms with Crippen LogP contribution in [0.2, 0.25) is 0 Å². The Kier molecular flexibility index (Phi) is 4.08. The molecule has 21 heavy (non-hydrogen) atoms. The Morgan fingerprint density at radius 3 is 2.48 bits per heavy atom. The Morgan fingerprint density at radius 2 is 1.95 bits per heavy atom. The molecular formula is C15H24N2O3S. The van der Waals surface area contributed by atoms with E-state index in [0.717, 1.165) is 11.1 Å². The van der Waals surface area contributed by atoms with Gasteiger partial charge in [-0.15, -0.1) is 0 Å². The van der Waals surface area contributed by atoms with E-state index in [-0.39, 0.29) is 6.10 Å². The van der Waals surface area contributed by atoms with Gasteiger partial charge in [0.05, 0.1) is 16.5 Å². The van der Waals surface area contributed by atoms with Crippen molar-refractivity contribution in [3.63, 3.8) is 0 Å². The Morgan fingerprint density at radius 1 is 1.33 bits per heavy atom. The van der Waals surface area contributed by atoms with Crippen molar-refractivity contribution in [2.24, 2.45) is 0 Å². The summed E-state index contributed by atoms with van der Waals surface area (Å²) >= 11 is 0. The van der Waals surface area contributed by atoms with E-state index in [2.05, 4.69) is 4.72 Å². The van der Waals surface area contributed by atoms with Gasteiger partial charge >= 0.3 is 0 Å². The lowest BCUT2D eigenvalue weighted by molar-refractivity contribution is 0.0957. The average Bonchev–Trinajstić information content (AvgIpc) is 2.66. The van der Waals surface area contributed by atoms with Crippen molar-refractivity contribution in [3.05, 3.63) is 22.8 Å². The summed E-state index contributed by atoms with van der Waals surface area (Å²) in [6.45, 7) is 9.76. The molecule has 0 aliphatic carbocycles. The molecule has 2 atom stereocenters. The quantitative estimate of drug-likeness (QED) is 0.837. The fraction of sp³-hybridized carbons (Fsp3) is 0.600. The molecule has 3 N–H and O–H groups in total. The average molecular weight is 312 g/mol. The summed E-state index contributed by atoms with van der Waals surface area (Å²) < 4.78 is 34.1. The number of ether oxygens (including phenoxy) is 1. The van der Waals surface area contributed by atoms with E-state index in [1.807, 2.05) is 33.8 Å². The smallest absolute Gasteiger partial charge is 0.241 e. The molecular weight excluding hydrogens is 288 g/mol. The molecule has 1 aliphatic heterocycles. The molecule has 0 spiro atoms. The van der Waals surface area contributed by atoms with Gasteiger partial charge in [0.2, 0.25) is 10.0 Å². The molecule has 0 radical (unpaired) electrons. The number of hydrogen-bond donors (Lipinski definition) is 2. The van der Waals surface area contributed by atoms with Gasteiger partial charge in [0, 0.05) is 12.3 Å². The Bertz CT molecular complexity index is 644. The second kappa shape index (κ2) is 5.26. The largest absolute Gasteiger partial charge is 0.398 e. The molecule has 2 rings (SSSR count). The third-order valence-corrected chi connectivity index (χ3v) is 6.49. The summed E-state index contributed by atoms with van der Waals surface area (Å²) in [6, 6.07) is 1.81. The van der Waals surface area contributed by atoms with Gasteiger partial charge in [-0.25, -0.2) is 13.1 Å². The highest BCUT2D eigenvalue weighted by molar-refractivity contribution is 7.89. The predicted octanol–water partition coefficient (Wildman–Crippen LogP) is 2.04. The molecule has 0 saturated carbocycles. The van der Waals surface area contributed by atoms with Crippen LogP contribution in [-0.4, -0.2) is 26.7 Å². The molecule has 1 aliphatic rings. The van der Waals surface area contributed by atoms with Crippen LogP contribution >= 0.6 is 0 Å². The zero-order chi connectivity index (χ0) is 16.0. The molecule has 1 fully saturated rings. The van der Waals surface area contributed by atoms with Crippen molar-refractivity contribution in [3.8, 4) is 0 Å². The van der Waals surface area contributed by atoms with Gasteiger partial charge in [-0.05, 0) is 63.8 Å². The van der Waals surface area contributed by atoms with Gasteiger partial charge in [-0.2, -0.15) is 0 Å². The van der Waals surface area contributed by atoms with Gasteiger partial charge in [0.1, 0.15) is 0 Å². The standard InChI is InChI=1S/C15H24N2O3S/c1-9-8-13(16)11(3)14(10(9)2)21(18,19)17-15(5)6-7-20-12(15)4/h8,12,17H,6-7,16H2,1-5H3. The van der Waals surface area contributed by atoms with Crippen LogP contribution in [0.1, 0.15) is 37.0 Å². The monoisotopic (exact) mass is 312 g/mol. The van der Waals surface area contributed by atoms with Crippen molar-refractivity contribution in [2.75, 3.05) is 12.3 Å². The molecule has 1 saturated heterocycles. The molecule has 6 heteroatoms. The van der Waals surface area contributed by atoms with Crippen LogP contribution < -0.4 is 10.5 Å². The minimum Gasteiger partial charge on any atom is -0.398 e. The maximum atomic E-state index is 12.9. The van der Waals surface area contributed by atoms with Crippen LogP contribution in [0.5, 0.6) is 0 Å². The van der Waals surface area contributed by atoms with E-state index >= 15 is 0 Å². The topological polar surface area (TPSA) is 81.4 Å². The molecule has 2 unspecified atom stereocenters. The molecule has 1 aromatic rings. The summed E-state index contributed by atoms with van der Waals surface area (Å²) in [5.41, 5.74) is 8.06. The second-order valence-corrected chi connectivity index (χ2v) is 7.77. The number of aryl methyl sites for hydroxylation is 1. The summed E-state index contributed by atoms with van der Waals surface area (Å²) in [5.74, 6) is 0. The maximum absolute atomic E-state index is 12.9. The van der Waals surface area contributed by atoms with Crippen molar-refractivity contribution in [2.45, 2.75) is 57.6 Å². The van der Waals surface area contributed by atoms with Crippen molar-refractivity contribution >= 4 is 15.7 Å². The van der Waals surface area contributed by atoms with Crippen LogP contribution in [0.25, 0.3) is 0 Å². The second-order valence-electron chi connectivity index (χ2n) is 6.15. The number of hydrogen-bond acceptors (Lipinski definition) is 4. The van der Waals surface area contributed by atoms with Crippen LogP contribution in [0.4, 0.5) is 5.69 Å². The van der Waals surface area contributed by atoms with Gasteiger partial charge in [0.15, 0.2) is 0 Å². The molecule has 0 aromatic heterocycles. The van der Waals surface area contributed by atoms with Crippen molar-refractivity contribution < 1.29 is 13.2 Å². The summed E-state index contributed by atoms with van der Waals surface area (Å²) in [6.07, 6.45) is 0.502. The molecule has 118 valence electrons. The lowest BCUT2D eigenvalue weighted by Gasteiger charge is -2.29. The minimum atomic E-state index is -3.65. The number of nitrogens with two attached hydrogens (primary N) is 1.